The molecule has 1 fully saturated rings. The SMILES string of the molecule is CN1CCC(CN)(Nc2cc(F)cc(Cl)c2)CC1. The molecule has 100 valence electrons. The van der Waals surface area contributed by atoms with Gasteiger partial charge in [-0.15, -0.1) is 0 Å². The van der Waals surface area contributed by atoms with Crippen LogP contribution < -0.4 is 11.1 Å². The number of piperidine rings is 1. The molecule has 1 aliphatic heterocycles. The van der Waals surface area contributed by atoms with Crippen LogP contribution in [0.25, 0.3) is 0 Å². The van der Waals surface area contributed by atoms with Crippen LogP contribution in [0.2, 0.25) is 5.02 Å². The van der Waals surface area contributed by atoms with Crippen LogP contribution in [0.5, 0.6) is 0 Å². The summed E-state index contributed by atoms with van der Waals surface area (Å²) in [7, 11) is 2.10. The Hall–Kier alpha value is -0.840. The number of hydrogen-bond donors (Lipinski definition) is 2. The number of rotatable bonds is 3. The highest BCUT2D eigenvalue weighted by Gasteiger charge is 2.32. The molecule has 0 radical (unpaired) electrons. The summed E-state index contributed by atoms with van der Waals surface area (Å²) >= 11 is 5.86. The van der Waals surface area contributed by atoms with Crippen molar-refractivity contribution >= 4 is 17.3 Å². The van der Waals surface area contributed by atoms with Gasteiger partial charge in [-0.25, -0.2) is 4.39 Å². The zero-order valence-corrected chi connectivity index (χ0v) is 11.3. The van der Waals surface area contributed by atoms with Gasteiger partial charge < -0.3 is 16.0 Å². The second kappa shape index (κ2) is 5.43. The average molecular weight is 272 g/mol. The van der Waals surface area contributed by atoms with E-state index >= 15 is 0 Å². The molecule has 3 nitrogen and oxygen atoms in total. The minimum Gasteiger partial charge on any atom is -0.378 e. The van der Waals surface area contributed by atoms with Crippen molar-refractivity contribution in [3.05, 3.63) is 29.0 Å². The molecule has 0 aliphatic carbocycles. The third-order valence-electron chi connectivity index (χ3n) is 3.61. The molecule has 1 aliphatic rings. The second-order valence-electron chi connectivity index (χ2n) is 5.07. The van der Waals surface area contributed by atoms with Crippen LogP contribution in [-0.2, 0) is 0 Å². The molecule has 1 saturated heterocycles. The summed E-state index contributed by atoms with van der Waals surface area (Å²) in [5.74, 6) is -0.329. The Labute approximate surface area is 112 Å². The van der Waals surface area contributed by atoms with Crippen molar-refractivity contribution in [3.63, 3.8) is 0 Å². The van der Waals surface area contributed by atoms with E-state index in [1.54, 1.807) is 6.07 Å². The molecule has 0 aromatic heterocycles. The van der Waals surface area contributed by atoms with Crippen LogP contribution in [0.1, 0.15) is 12.8 Å². The zero-order chi connectivity index (χ0) is 13.2. The third-order valence-corrected chi connectivity index (χ3v) is 3.83. The minimum absolute atomic E-state index is 0.149. The van der Waals surface area contributed by atoms with Crippen molar-refractivity contribution in [1.82, 2.24) is 4.90 Å². The zero-order valence-electron chi connectivity index (χ0n) is 10.5. The van der Waals surface area contributed by atoms with Gasteiger partial charge in [0.2, 0.25) is 0 Å². The molecule has 18 heavy (non-hydrogen) atoms. The van der Waals surface area contributed by atoms with Crippen molar-refractivity contribution in [3.8, 4) is 0 Å². The lowest BCUT2D eigenvalue weighted by Gasteiger charge is -2.41. The second-order valence-corrected chi connectivity index (χ2v) is 5.51. The lowest BCUT2D eigenvalue weighted by atomic mass is 9.87. The van der Waals surface area contributed by atoms with Gasteiger partial charge in [-0.1, -0.05) is 11.6 Å². The molecule has 0 bridgehead atoms. The molecular formula is C13H19ClFN3. The van der Waals surface area contributed by atoms with Crippen LogP contribution in [0.4, 0.5) is 10.1 Å². The van der Waals surface area contributed by atoms with Gasteiger partial charge in [0.1, 0.15) is 5.82 Å². The number of nitrogens with zero attached hydrogens (tertiary/aromatic N) is 1. The molecule has 0 spiro atoms. The van der Waals surface area contributed by atoms with Crippen molar-refractivity contribution < 1.29 is 4.39 Å². The number of hydrogen-bond acceptors (Lipinski definition) is 3. The molecule has 1 heterocycles. The number of anilines is 1. The molecule has 1 aromatic rings. The van der Waals surface area contributed by atoms with E-state index < -0.39 is 0 Å². The van der Waals surface area contributed by atoms with Gasteiger partial charge >= 0.3 is 0 Å². The molecule has 2 rings (SSSR count). The highest BCUT2D eigenvalue weighted by Crippen LogP contribution is 2.27. The van der Waals surface area contributed by atoms with E-state index in [9.17, 15) is 4.39 Å². The predicted octanol–water partition coefficient (Wildman–Crippen LogP) is 2.31. The number of halogens is 2. The van der Waals surface area contributed by atoms with Gasteiger partial charge in [0.05, 0.1) is 5.54 Å². The van der Waals surface area contributed by atoms with Crippen LogP contribution in [0.3, 0.4) is 0 Å². The highest BCUT2D eigenvalue weighted by atomic mass is 35.5. The Morgan fingerprint density at radius 2 is 2.06 bits per heavy atom. The molecule has 1 aromatic carbocycles. The Kier molecular flexibility index (Phi) is 4.10. The fourth-order valence-corrected chi connectivity index (χ4v) is 2.58. The Morgan fingerprint density at radius 1 is 1.39 bits per heavy atom. The van der Waals surface area contributed by atoms with Gasteiger partial charge in [-0.2, -0.15) is 0 Å². The van der Waals surface area contributed by atoms with E-state index in [2.05, 4.69) is 17.3 Å². The topological polar surface area (TPSA) is 41.3 Å². The maximum absolute atomic E-state index is 13.3. The van der Waals surface area contributed by atoms with Gasteiger partial charge in [0.15, 0.2) is 0 Å². The Bertz CT molecular complexity index is 396. The van der Waals surface area contributed by atoms with Crippen LogP contribution in [-0.4, -0.2) is 37.1 Å². The first-order valence-electron chi connectivity index (χ1n) is 6.16. The maximum Gasteiger partial charge on any atom is 0.126 e. The summed E-state index contributed by atoms with van der Waals surface area (Å²) in [6, 6.07) is 4.50. The van der Waals surface area contributed by atoms with E-state index in [0.29, 0.717) is 17.3 Å². The summed E-state index contributed by atoms with van der Waals surface area (Å²) in [6.07, 6.45) is 1.91. The molecule has 0 amide bonds. The quantitative estimate of drug-likeness (QED) is 0.887. The summed E-state index contributed by atoms with van der Waals surface area (Å²) in [4.78, 5) is 2.27. The maximum atomic E-state index is 13.3. The van der Waals surface area contributed by atoms with E-state index in [1.807, 2.05) is 0 Å². The van der Waals surface area contributed by atoms with Crippen molar-refractivity contribution in [2.45, 2.75) is 18.4 Å². The van der Waals surface area contributed by atoms with Gasteiger partial charge in [-0.3, -0.25) is 0 Å². The van der Waals surface area contributed by atoms with Crippen LogP contribution in [0.15, 0.2) is 18.2 Å². The molecular weight excluding hydrogens is 253 g/mol. The molecule has 5 heteroatoms. The fourth-order valence-electron chi connectivity index (χ4n) is 2.36. The lowest BCUT2D eigenvalue weighted by Crippen LogP contribution is -2.52. The standard InChI is InChI=1S/C13H19ClFN3/c1-18-4-2-13(9-16,3-5-18)17-12-7-10(14)6-11(15)8-12/h6-8,17H,2-5,9,16H2,1H3. The highest BCUT2D eigenvalue weighted by molar-refractivity contribution is 6.30. The third kappa shape index (κ3) is 3.13. The van der Waals surface area contributed by atoms with Crippen LogP contribution >= 0.6 is 11.6 Å². The van der Waals surface area contributed by atoms with Gasteiger partial charge in [0.25, 0.3) is 0 Å². The monoisotopic (exact) mass is 271 g/mol. The van der Waals surface area contributed by atoms with E-state index in [4.69, 9.17) is 17.3 Å². The van der Waals surface area contributed by atoms with Crippen LogP contribution in [0, 0.1) is 5.82 Å². The Balaban J connectivity index is 2.14. The summed E-state index contributed by atoms with van der Waals surface area (Å²) in [6.45, 7) is 2.52. The first-order chi connectivity index (χ1) is 8.53. The van der Waals surface area contributed by atoms with Gasteiger partial charge in [0, 0.05) is 30.3 Å². The minimum atomic E-state index is -0.329. The van der Waals surface area contributed by atoms with E-state index in [-0.39, 0.29) is 11.4 Å². The van der Waals surface area contributed by atoms with E-state index in [1.165, 1.54) is 12.1 Å². The predicted molar refractivity (Wildman–Crippen MR) is 73.5 cm³/mol. The summed E-state index contributed by atoms with van der Waals surface area (Å²) in [5, 5.41) is 3.77. The summed E-state index contributed by atoms with van der Waals surface area (Å²) in [5.41, 5.74) is 6.45. The van der Waals surface area contributed by atoms with Crippen molar-refractivity contribution in [2.24, 2.45) is 5.73 Å². The Morgan fingerprint density at radius 3 is 2.61 bits per heavy atom. The lowest BCUT2D eigenvalue weighted by molar-refractivity contribution is 0.209. The number of likely N-dealkylation sites (tertiary alicyclic amines) is 1. The first kappa shape index (κ1) is 13.6. The largest absolute Gasteiger partial charge is 0.378 e. The smallest absolute Gasteiger partial charge is 0.126 e. The normalized spacial score (nSPS) is 19.8. The molecule has 3 N–H and O–H groups in total. The molecule has 0 unspecified atom stereocenters. The fraction of sp³-hybridized carbons (Fsp3) is 0.538. The number of nitrogens with two attached hydrogens (primary N) is 1. The van der Waals surface area contributed by atoms with Crippen molar-refractivity contribution in [1.29, 1.82) is 0 Å². The van der Waals surface area contributed by atoms with E-state index in [0.717, 1.165) is 25.9 Å². The van der Waals surface area contributed by atoms with Crippen molar-refractivity contribution in [2.75, 3.05) is 32.0 Å². The average Bonchev–Trinajstić information content (AvgIpc) is 2.31. The molecule has 0 saturated carbocycles. The molecule has 0 atom stereocenters. The number of nitrogens with one attached hydrogen (secondary N) is 1. The first-order valence-corrected chi connectivity index (χ1v) is 6.54. The van der Waals surface area contributed by atoms with Gasteiger partial charge in [-0.05, 0) is 38.1 Å². The number of benzene rings is 1. The summed E-state index contributed by atoms with van der Waals surface area (Å²) < 4.78 is 13.3.